The van der Waals surface area contributed by atoms with Gasteiger partial charge in [0, 0.05) is 12.4 Å². The van der Waals surface area contributed by atoms with E-state index >= 15 is 0 Å². The molecule has 11 heteroatoms. The third-order valence-corrected chi connectivity index (χ3v) is 3.35. The van der Waals surface area contributed by atoms with Crippen molar-refractivity contribution in [2.24, 2.45) is 5.73 Å². The normalized spacial score (nSPS) is 12.3. The summed E-state index contributed by atoms with van der Waals surface area (Å²) in [6.07, 6.45) is 2.57. The molecule has 0 spiro atoms. The molecule has 0 bridgehead atoms. The minimum atomic E-state index is -1.49. The Morgan fingerprint density at radius 3 is 2.30 bits per heavy atom. The Labute approximate surface area is 154 Å². The fraction of sp³-hybridized carbons (Fsp3) is 0.375. The van der Waals surface area contributed by atoms with Crippen molar-refractivity contribution in [2.45, 2.75) is 31.8 Å². The third-order valence-electron chi connectivity index (χ3n) is 3.35. The second-order valence-electron chi connectivity index (χ2n) is 5.67. The van der Waals surface area contributed by atoms with Gasteiger partial charge in [0.25, 0.3) is 0 Å². The number of amides is 4. The number of hydrogen-bond acceptors (Lipinski definition) is 6. The lowest BCUT2D eigenvalue weighted by molar-refractivity contribution is -0.143. The van der Waals surface area contributed by atoms with Crippen LogP contribution in [0.1, 0.15) is 18.9 Å². The lowest BCUT2D eigenvalue weighted by Gasteiger charge is -2.18. The Morgan fingerprint density at radius 1 is 1.11 bits per heavy atom. The Kier molecular flexibility index (Phi) is 8.36. The van der Waals surface area contributed by atoms with E-state index in [4.69, 9.17) is 10.8 Å². The maximum atomic E-state index is 11.9. The molecule has 4 amide bonds. The van der Waals surface area contributed by atoms with Crippen LogP contribution in [0.5, 0.6) is 0 Å². The number of nitrogens with two attached hydrogens (primary N) is 1. The first-order chi connectivity index (χ1) is 12.7. The van der Waals surface area contributed by atoms with Gasteiger partial charge in [0.2, 0.25) is 23.6 Å². The number of carbonyl (C=O) groups excluding carboxylic acids is 4. The molecule has 0 aromatic carbocycles. The average molecular weight is 379 g/mol. The number of rotatable bonds is 10. The Balaban J connectivity index is 2.41. The van der Waals surface area contributed by atoms with Crippen LogP contribution >= 0.6 is 0 Å². The van der Waals surface area contributed by atoms with Crippen LogP contribution < -0.4 is 21.7 Å². The molecule has 0 aliphatic heterocycles. The summed E-state index contributed by atoms with van der Waals surface area (Å²) < 4.78 is 0. The average Bonchev–Trinajstić information content (AvgIpc) is 2.59. The van der Waals surface area contributed by atoms with Crippen LogP contribution in [0, 0.1) is 0 Å². The van der Waals surface area contributed by atoms with Gasteiger partial charge in [-0.05, 0) is 24.6 Å². The Morgan fingerprint density at radius 2 is 1.74 bits per heavy atom. The van der Waals surface area contributed by atoms with Crippen LogP contribution in [0.25, 0.3) is 0 Å². The number of carboxylic acids is 1. The topological polar surface area (TPSA) is 181 Å². The molecule has 0 radical (unpaired) electrons. The van der Waals surface area contributed by atoms with Gasteiger partial charge in [-0.1, -0.05) is 0 Å². The predicted octanol–water partition coefficient (Wildman–Crippen LogP) is -2.31. The van der Waals surface area contributed by atoms with Gasteiger partial charge in [0.05, 0.1) is 19.4 Å². The maximum Gasteiger partial charge on any atom is 0.326 e. The molecule has 0 aliphatic carbocycles. The molecule has 1 aromatic rings. The summed E-state index contributed by atoms with van der Waals surface area (Å²) in [4.78, 5) is 61.1. The van der Waals surface area contributed by atoms with Gasteiger partial charge in [0.15, 0.2) is 0 Å². The molecule has 1 rings (SSSR count). The standard InChI is InChI=1S/C16H21N5O6/c1-9(15(25)21-11(16(26)27)7-12(17)22)20-14(24)8-19-13(23)6-10-2-4-18-5-3-10/h2-5,9,11H,6-8H2,1H3,(H2,17,22)(H,19,23)(H,20,24)(H,21,25)(H,26,27). The summed E-state index contributed by atoms with van der Waals surface area (Å²) in [5.74, 6) is -4.15. The summed E-state index contributed by atoms with van der Waals surface area (Å²) in [7, 11) is 0. The molecule has 146 valence electrons. The number of aliphatic carboxylic acids is 1. The van der Waals surface area contributed by atoms with Gasteiger partial charge in [-0.3, -0.25) is 24.2 Å². The summed E-state index contributed by atoms with van der Waals surface area (Å²) in [6.45, 7) is 0.973. The summed E-state index contributed by atoms with van der Waals surface area (Å²) >= 11 is 0. The Hall–Kier alpha value is -3.50. The fourth-order valence-electron chi connectivity index (χ4n) is 1.98. The van der Waals surface area contributed by atoms with E-state index in [0.29, 0.717) is 0 Å². The summed E-state index contributed by atoms with van der Waals surface area (Å²) in [5.41, 5.74) is 5.65. The molecule has 11 nitrogen and oxygen atoms in total. The number of nitrogens with zero attached hydrogens (tertiary/aromatic N) is 1. The van der Waals surface area contributed by atoms with E-state index in [1.54, 1.807) is 12.1 Å². The van der Waals surface area contributed by atoms with Crippen molar-refractivity contribution in [2.75, 3.05) is 6.54 Å². The number of pyridine rings is 1. The van der Waals surface area contributed by atoms with E-state index in [2.05, 4.69) is 20.9 Å². The molecule has 6 N–H and O–H groups in total. The maximum absolute atomic E-state index is 11.9. The number of hydrogen-bond donors (Lipinski definition) is 5. The first kappa shape index (κ1) is 21.5. The van der Waals surface area contributed by atoms with Gasteiger partial charge in [-0.2, -0.15) is 0 Å². The molecule has 0 fully saturated rings. The highest BCUT2D eigenvalue weighted by molar-refractivity contribution is 5.93. The first-order valence-corrected chi connectivity index (χ1v) is 7.95. The fourth-order valence-corrected chi connectivity index (χ4v) is 1.98. The van der Waals surface area contributed by atoms with Crippen molar-refractivity contribution in [1.82, 2.24) is 20.9 Å². The van der Waals surface area contributed by atoms with E-state index in [9.17, 15) is 24.0 Å². The minimum Gasteiger partial charge on any atom is -0.480 e. The number of nitrogens with one attached hydrogen (secondary N) is 3. The van der Waals surface area contributed by atoms with Crippen LogP contribution in [-0.4, -0.2) is 58.3 Å². The van der Waals surface area contributed by atoms with Crippen molar-refractivity contribution in [1.29, 1.82) is 0 Å². The summed E-state index contributed by atoms with van der Waals surface area (Å²) in [5, 5.41) is 15.8. The highest BCUT2D eigenvalue weighted by atomic mass is 16.4. The molecule has 0 saturated heterocycles. The van der Waals surface area contributed by atoms with E-state index in [0.717, 1.165) is 5.56 Å². The van der Waals surface area contributed by atoms with Gasteiger partial charge >= 0.3 is 5.97 Å². The van der Waals surface area contributed by atoms with Crippen molar-refractivity contribution in [3.05, 3.63) is 30.1 Å². The number of carboxylic acid groups (broad SMARTS) is 1. The minimum absolute atomic E-state index is 0.0687. The number of aromatic nitrogens is 1. The van der Waals surface area contributed by atoms with E-state index in [1.807, 2.05) is 0 Å². The van der Waals surface area contributed by atoms with Crippen molar-refractivity contribution < 1.29 is 29.1 Å². The molecule has 27 heavy (non-hydrogen) atoms. The largest absolute Gasteiger partial charge is 0.480 e. The third kappa shape index (κ3) is 8.43. The molecular weight excluding hydrogens is 358 g/mol. The van der Waals surface area contributed by atoms with Crippen LogP contribution in [0.2, 0.25) is 0 Å². The summed E-state index contributed by atoms with van der Waals surface area (Å²) in [6, 6.07) is 0.757. The zero-order chi connectivity index (χ0) is 20.4. The highest BCUT2D eigenvalue weighted by Crippen LogP contribution is 1.97. The SMILES string of the molecule is CC(NC(=O)CNC(=O)Cc1ccncc1)C(=O)NC(CC(N)=O)C(=O)O. The lowest BCUT2D eigenvalue weighted by Crippen LogP contribution is -2.52. The molecule has 1 aromatic heterocycles. The smallest absolute Gasteiger partial charge is 0.326 e. The van der Waals surface area contributed by atoms with Crippen molar-refractivity contribution >= 4 is 29.6 Å². The van der Waals surface area contributed by atoms with Crippen LogP contribution in [-0.2, 0) is 30.4 Å². The second-order valence-corrected chi connectivity index (χ2v) is 5.67. The second kappa shape index (κ2) is 10.5. The zero-order valence-corrected chi connectivity index (χ0v) is 14.6. The molecule has 0 saturated carbocycles. The monoisotopic (exact) mass is 379 g/mol. The Bertz CT molecular complexity index is 709. The van der Waals surface area contributed by atoms with E-state index in [1.165, 1.54) is 19.3 Å². The van der Waals surface area contributed by atoms with Crippen LogP contribution in [0.4, 0.5) is 0 Å². The van der Waals surface area contributed by atoms with Gasteiger partial charge in [-0.15, -0.1) is 0 Å². The highest BCUT2D eigenvalue weighted by Gasteiger charge is 2.25. The zero-order valence-electron chi connectivity index (χ0n) is 14.6. The van der Waals surface area contributed by atoms with Crippen LogP contribution in [0.15, 0.2) is 24.5 Å². The lowest BCUT2D eigenvalue weighted by atomic mass is 10.2. The number of primary amides is 1. The van der Waals surface area contributed by atoms with Crippen molar-refractivity contribution in [3.8, 4) is 0 Å². The van der Waals surface area contributed by atoms with E-state index < -0.39 is 42.2 Å². The van der Waals surface area contributed by atoms with Gasteiger partial charge in [0.1, 0.15) is 12.1 Å². The first-order valence-electron chi connectivity index (χ1n) is 7.95. The molecule has 2 unspecified atom stereocenters. The van der Waals surface area contributed by atoms with Crippen LogP contribution in [0.3, 0.4) is 0 Å². The molecule has 0 aliphatic rings. The quantitative estimate of drug-likeness (QED) is 0.303. The van der Waals surface area contributed by atoms with E-state index in [-0.39, 0.29) is 18.9 Å². The van der Waals surface area contributed by atoms with Gasteiger partial charge in [-0.25, -0.2) is 4.79 Å². The predicted molar refractivity (Wildman–Crippen MR) is 91.9 cm³/mol. The number of carbonyl (C=O) groups is 5. The van der Waals surface area contributed by atoms with Gasteiger partial charge < -0.3 is 26.8 Å². The molecule has 1 heterocycles. The molecule has 2 atom stereocenters. The van der Waals surface area contributed by atoms with Crippen molar-refractivity contribution in [3.63, 3.8) is 0 Å². The molecular formula is C16H21N5O6.